The first kappa shape index (κ1) is 13.3. The van der Waals surface area contributed by atoms with Gasteiger partial charge < -0.3 is 15.4 Å². The average molecular weight is 275 g/mol. The lowest BCUT2D eigenvalue weighted by atomic mass is 10.1. The van der Waals surface area contributed by atoms with Gasteiger partial charge >= 0.3 is 11.7 Å². The molecule has 1 aromatic heterocycles. The van der Waals surface area contributed by atoms with Crippen LogP contribution in [-0.2, 0) is 0 Å². The summed E-state index contributed by atoms with van der Waals surface area (Å²) in [6.45, 7) is 0. The number of carboxylic acid groups (broad SMARTS) is 1. The number of carbonyl (C=O) groups is 2. The molecular weight excluding hydrogens is 266 g/mol. The summed E-state index contributed by atoms with van der Waals surface area (Å²) < 4.78 is 0. The molecule has 0 saturated carbocycles. The molecule has 4 N–H and O–H groups in total. The Morgan fingerprint density at radius 1 is 1.10 bits per heavy atom. The van der Waals surface area contributed by atoms with Gasteiger partial charge in [-0.2, -0.15) is 0 Å². The van der Waals surface area contributed by atoms with Crippen LogP contribution in [-0.4, -0.2) is 27.0 Å². The summed E-state index contributed by atoms with van der Waals surface area (Å²) in [5, 5.41) is 11.2. The monoisotopic (exact) mass is 275 g/mol. The third-order valence-electron chi connectivity index (χ3n) is 2.47. The molecule has 0 bridgehead atoms. The Hall–Kier alpha value is -3.16. The number of hydrogen-bond acceptors (Lipinski definition) is 4. The number of aromatic nitrogens is 2. The van der Waals surface area contributed by atoms with Crippen molar-refractivity contribution in [2.45, 2.75) is 0 Å². The first-order chi connectivity index (χ1) is 9.49. The molecule has 102 valence electrons. The van der Waals surface area contributed by atoms with Crippen LogP contribution in [0.25, 0.3) is 0 Å². The van der Waals surface area contributed by atoms with Crippen LogP contribution < -0.4 is 16.6 Å². The van der Waals surface area contributed by atoms with Crippen LogP contribution in [0.5, 0.6) is 0 Å². The van der Waals surface area contributed by atoms with E-state index in [-0.39, 0.29) is 16.8 Å². The highest BCUT2D eigenvalue weighted by Crippen LogP contribution is 2.10. The lowest BCUT2D eigenvalue weighted by molar-refractivity contribution is 0.0692. The summed E-state index contributed by atoms with van der Waals surface area (Å²) in [5.74, 6) is -2.02. The number of carboxylic acids is 1. The number of hydrogen-bond donors (Lipinski definition) is 4. The molecule has 2 aromatic rings. The number of rotatable bonds is 3. The van der Waals surface area contributed by atoms with E-state index in [0.717, 1.165) is 6.20 Å². The Balaban J connectivity index is 2.36. The molecule has 8 nitrogen and oxygen atoms in total. The normalized spacial score (nSPS) is 10.0. The lowest BCUT2D eigenvalue weighted by Gasteiger charge is -2.06. The Morgan fingerprint density at radius 3 is 2.35 bits per heavy atom. The van der Waals surface area contributed by atoms with Crippen LogP contribution >= 0.6 is 0 Å². The molecule has 0 aliphatic rings. The molecule has 0 atom stereocenters. The van der Waals surface area contributed by atoms with Crippen molar-refractivity contribution in [3.8, 4) is 0 Å². The second-order valence-corrected chi connectivity index (χ2v) is 3.79. The maximum Gasteiger partial charge on any atom is 0.336 e. The zero-order valence-corrected chi connectivity index (χ0v) is 9.97. The number of H-pyrrole nitrogens is 2. The Bertz CT molecular complexity index is 790. The molecule has 0 aliphatic heterocycles. The van der Waals surface area contributed by atoms with Crippen molar-refractivity contribution >= 4 is 17.6 Å². The van der Waals surface area contributed by atoms with Gasteiger partial charge in [0.05, 0.1) is 11.1 Å². The number of benzene rings is 1. The molecule has 0 radical (unpaired) electrons. The van der Waals surface area contributed by atoms with Crippen molar-refractivity contribution in [1.29, 1.82) is 0 Å². The highest BCUT2D eigenvalue weighted by molar-refractivity contribution is 6.10. The van der Waals surface area contributed by atoms with Crippen molar-refractivity contribution < 1.29 is 14.7 Å². The van der Waals surface area contributed by atoms with Crippen molar-refractivity contribution in [3.05, 3.63) is 62.4 Å². The molecule has 0 saturated heterocycles. The second kappa shape index (κ2) is 5.22. The Labute approximate surface area is 111 Å². The van der Waals surface area contributed by atoms with E-state index in [2.05, 4.69) is 10.3 Å². The number of aromatic amines is 2. The van der Waals surface area contributed by atoms with Crippen molar-refractivity contribution in [3.63, 3.8) is 0 Å². The Morgan fingerprint density at radius 2 is 1.75 bits per heavy atom. The van der Waals surface area contributed by atoms with Gasteiger partial charge in [-0.25, -0.2) is 9.59 Å². The number of anilines is 1. The lowest BCUT2D eigenvalue weighted by Crippen LogP contribution is -2.27. The fraction of sp³-hybridized carbons (Fsp3) is 0. The highest BCUT2D eigenvalue weighted by atomic mass is 16.4. The molecule has 1 heterocycles. The van der Waals surface area contributed by atoms with Crippen LogP contribution in [0.4, 0.5) is 5.69 Å². The van der Waals surface area contributed by atoms with Crippen molar-refractivity contribution in [1.82, 2.24) is 9.97 Å². The van der Waals surface area contributed by atoms with Crippen LogP contribution in [0.1, 0.15) is 20.7 Å². The molecule has 2 rings (SSSR count). The highest BCUT2D eigenvalue weighted by Gasteiger charge is 2.16. The van der Waals surface area contributed by atoms with E-state index >= 15 is 0 Å². The van der Waals surface area contributed by atoms with Gasteiger partial charge in [-0.1, -0.05) is 12.1 Å². The van der Waals surface area contributed by atoms with Crippen molar-refractivity contribution in [2.24, 2.45) is 0 Å². The molecule has 0 fully saturated rings. The van der Waals surface area contributed by atoms with E-state index in [9.17, 15) is 19.2 Å². The topological polar surface area (TPSA) is 132 Å². The maximum atomic E-state index is 12.0. The van der Waals surface area contributed by atoms with Gasteiger partial charge in [-0.3, -0.25) is 14.6 Å². The third kappa shape index (κ3) is 2.64. The summed E-state index contributed by atoms with van der Waals surface area (Å²) in [4.78, 5) is 49.3. The minimum atomic E-state index is -1.26. The predicted octanol–water partition coefficient (Wildman–Crippen LogP) is 0.0137. The van der Waals surface area contributed by atoms with Gasteiger partial charge in [-0.05, 0) is 12.1 Å². The molecule has 20 heavy (non-hydrogen) atoms. The standard InChI is InChI=1S/C12H9N3O5/c16-9(6-3-1-2-4-7(6)11(18)19)14-8-5-13-12(20)15-10(8)17/h1-5H,(H,14,16)(H,18,19)(H2,13,15,17,20). The van der Waals surface area contributed by atoms with E-state index in [1.165, 1.54) is 24.3 Å². The zero-order valence-electron chi connectivity index (χ0n) is 9.97. The van der Waals surface area contributed by atoms with Gasteiger partial charge in [0.2, 0.25) is 0 Å². The average Bonchev–Trinajstić information content (AvgIpc) is 2.41. The largest absolute Gasteiger partial charge is 0.478 e. The van der Waals surface area contributed by atoms with Crippen LogP contribution in [0.2, 0.25) is 0 Å². The smallest absolute Gasteiger partial charge is 0.336 e. The third-order valence-corrected chi connectivity index (χ3v) is 2.47. The number of carbonyl (C=O) groups excluding carboxylic acids is 1. The van der Waals surface area contributed by atoms with Crippen molar-refractivity contribution in [2.75, 3.05) is 5.32 Å². The summed E-state index contributed by atoms with van der Waals surface area (Å²) in [5.41, 5.74) is -1.96. The first-order valence-electron chi connectivity index (χ1n) is 5.44. The summed E-state index contributed by atoms with van der Waals surface area (Å²) in [6.07, 6.45) is 1.03. The molecular formula is C12H9N3O5. The van der Waals surface area contributed by atoms with Gasteiger partial charge in [0, 0.05) is 6.20 Å². The molecule has 0 spiro atoms. The number of nitrogens with one attached hydrogen (secondary N) is 3. The van der Waals surface area contributed by atoms with Crippen LogP contribution in [0, 0.1) is 0 Å². The Kier molecular flexibility index (Phi) is 3.47. The zero-order chi connectivity index (χ0) is 14.7. The number of amides is 1. The van der Waals surface area contributed by atoms with E-state index in [1.807, 2.05) is 4.98 Å². The quantitative estimate of drug-likeness (QED) is 0.626. The van der Waals surface area contributed by atoms with E-state index in [0.29, 0.717) is 0 Å². The first-order valence-corrected chi connectivity index (χ1v) is 5.44. The minimum Gasteiger partial charge on any atom is -0.478 e. The summed E-state index contributed by atoms with van der Waals surface area (Å²) >= 11 is 0. The van der Waals surface area contributed by atoms with Gasteiger partial charge in [0.15, 0.2) is 0 Å². The van der Waals surface area contributed by atoms with Crippen LogP contribution in [0.15, 0.2) is 40.1 Å². The van der Waals surface area contributed by atoms with E-state index in [4.69, 9.17) is 5.11 Å². The van der Waals surface area contributed by atoms with Crippen LogP contribution in [0.3, 0.4) is 0 Å². The fourth-order valence-corrected chi connectivity index (χ4v) is 1.56. The number of aromatic carboxylic acids is 1. The van der Waals surface area contributed by atoms with Gasteiger partial charge in [-0.15, -0.1) is 0 Å². The predicted molar refractivity (Wildman–Crippen MR) is 69.0 cm³/mol. The van der Waals surface area contributed by atoms with Gasteiger partial charge in [0.1, 0.15) is 5.69 Å². The SMILES string of the molecule is O=C(O)c1ccccc1C(=O)Nc1c[nH]c(=O)[nH]c1=O. The second-order valence-electron chi connectivity index (χ2n) is 3.79. The van der Waals surface area contributed by atoms with Gasteiger partial charge in [0.25, 0.3) is 11.5 Å². The maximum absolute atomic E-state index is 12.0. The summed E-state index contributed by atoms with van der Waals surface area (Å²) in [7, 11) is 0. The molecule has 1 aromatic carbocycles. The molecule has 8 heteroatoms. The summed E-state index contributed by atoms with van der Waals surface area (Å²) in [6, 6.07) is 5.57. The fourth-order valence-electron chi connectivity index (χ4n) is 1.56. The molecule has 1 amide bonds. The minimum absolute atomic E-state index is 0.0920. The van der Waals surface area contributed by atoms with E-state index < -0.39 is 23.1 Å². The molecule has 0 aliphatic carbocycles. The van der Waals surface area contributed by atoms with E-state index in [1.54, 1.807) is 0 Å². The molecule has 0 unspecified atom stereocenters.